The van der Waals surface area contributed by atoms with Crippen LogP contribution in [-0.4, -0.2) is 70.1 Å². The molecule has 166 valence electrons. The molecular formula is C20H24Cl2F3N3O2. The van der Waals surface area contributed by atoms with Crippen LogP contribution in [0.1, 0.15) is 26.3 Å². The number of carbonyl (C=O) groups excluding carboxylic acids is 1. The third-order valence-corrected chi connectivity index (χ3v) is 6.68. The van der Waals surface area contributed by atoms with Crippen LogP contribution < -0.4 is 4.90 Å². The zero-order chi connectivity index (χ0) is 22.1. The first-order valence-electron chi connectivity index (χ1n) is 9.84. The number of nitrogens with zero attached hydrogens (tertiary/aromatic N) is 3. The first-order chi connectivity index (χ1) is 13.8. The zero-order valence-electron chi connectivity index (χ0n) is 16.9. The summed E-state index contributed by atoms with van der Waals surface area (Å²) in [6.07, 6.45) is -4.76. The molecule has 3 atom stereocenters. The van der Waals surface area contributed by atoms with Gasteiger partial charge in [0.2, 0.25) is 0 Å². The molecule has 1 aromatic carbocycles. The number of piperazine rings is 2. The van der Waals surface area contributed by atoms with Crippen LogP contribution in [0, 0.1) is 0 Å². The van der Waals surface area contributed by atoms with Crippen molar-refractivity contribution < 1.29 is 22.7 Å². The fourth-order valence-corrected chi connectivity index (χ4v) is 5.25. The molecule has 0 radical (unpaired) electrons. The van der Waals surface area contributed by atoms with E-state index in [1.807, 2.05) is 25.7 Å². The first-order valence-corrected chi connectivity index (χ1v) is 10.6. The van der Waals surface area contributed by atoms with Gasteiger partial charge in [0.05, 0.1) is 17.6 Å². The monoisotopic (exact) mass is 465 g/mol. The van der Waals surface area contributed by atoms with E-state index >= 15 is 0 Å². The summed E-state index contributed by atoms with van der Waals surface area (Å²) >= 11 is 13.1. The minimum atomic E-state index is -4.39. The minimum absolute atomic E-state index is 0.0470. The summed E-state index contributed by atoms with van der Waals surface area (Å²) in [4.78, 5) is 18.4. The van der Waals surface area contributed by atoms with Crippen LogP contribution >= 0.6 is 23.2 Å². The highest BCUT2D eigenvalue weighted by Crippen LogP contribution is 2.57. The maximum Gasteiger partial charge on any atom is 0.416 e. The Hall–Kier alpha value is -1.38. The number of anilines is 1. The molecule has 2 heterocycles. The first kappa shape index (κ1) is 21.8. The highest BCUT2D eigenvalue weighted by Gasteiger charge is 2.72. The molecule has 2 aliphatic heterocycles. The Morgan fingerprint density at radius 1 is 1.07 bits per heavy atom. The van der Waals surface area contributed by atoms with E-state index in [9.17, 15) is 18.0 Å². The molecule has 1 saturated carbocycles. The Bertz CT molecular complexity index is 826. The summed E-state index contributed by atoms with van der Waals surface area (Å²) < 4.78 is 43.2. The van der Waals surface area contributed by atoms with Gasteiger partial charge < -0.3 is 14.5 Å². The van der Waals surface area contributed by atoms with Gasteiger partial charge in [0.25, 0.3) is 0 Å². The predicted molar refractivity (Wildman–Crippen MR) is 109 cm³/mol. The lowest BCUT2D eigenvalue weighted by Gasteiger charge is -2.47. The summed E-state index contributed by atoms with van der Waals surface area (Å²) in [6.45, 7) is 7.53. The third kappa shape index (κ3) is 3.94. The second-order valence-electron chi connectivity index (χ2n) is 9.08. The smallest absolute Gasteiger partial charge is 0.416 e. The van der Waals surface area contributed by atoms with E-state index < -0.39 is 21.7 Å². The van der Waals surface area contributed by atoms with Crippen LogP contribution in [0.5, 0.6) is 0 Å². The van der Waals surface area contributed by atoms with E-state index in [4.69, 9.17) is 27.9 Å². The van der Waals surface area contributed by atoms with Crippen LogP contribution in [-0.2, 0) is 10.9 Å². The van der Waals surface area contributed by atoms with Crippen molar-refractivity contribution in [3.8, 4) is 0 Å². The summed E-state index contributed by atoms with van der Waals surface area (Å²) in [5.74, 6) is 0. The molecule has 3 unspecified atom stereocenters. The molecule has 1 amide bonds. The molecule has 4 rings (SSSR count). The van der Waals surface area contributed by atoms with Crippen molar-refractivity contribution in [3.63, 3.8) is 0 Å². The van der Waals surface area contributed by atoms with Gasteiger partial charge in [-0.1, -0.05) is 23.2 Å². The van der Waals surface area contributed by atoms with Gasteiger partial charge in [0, 0.05) is 37.9 Å². The molecule has 3 aliphatic rings. The van der Waals surface area contributed by atoms with Gasteiger partial charge in [-0.3, -0.25) is 4.90 Å². The number of alkyl halides is 5. The molecule has 30 heavy (non-hydrogen) atoms. The molecule has 1 aliphatic carbocycles. The SMILES string of the molecule is CC(C)(C)OC(=O)N1CCN2C(C1)CN(c1ccc(C(F)(F)F)cc1)C1C2C1(Cl)Cl. The predicted octanol–water partition coefficient (Wildman–Crippen LogP) is 4.37. The van der Waals surface area contributed by atoms with Gasteiger partial charge >= 0.3 is 12.3 Å². The molecule has 0 spiro atoms. The molecular weight excluding hydrogens is 442 g/mol. The summed E-state index contributed by atoms with van der Waals surface area (Å²) in [6, 6.07) is 4.64. The quantitative estimate of drug-likeness (QED) is 0.576. The second kappa shape index (κ2) is 7.07. The summed E-state index contributed by atoms with van der Waals surface area (Å²) in [5.41, 5.74) is -0.653. The Kier molecular flexibility index (Phi) is 5.15. The van der Waals surface area contributed by atoms with Crippen molar-refractivity contribution in [3.05, 3.63) is 29.8 Å². The zero-order valence-corrected chi connectivity index (χ0v) is 18.4. The lowest BCUT2D eigenvalue weighted by molar-refractivity contribution is -0.137. The van der Waals surface area contributed by atoms with Crippen molar-refractivity contribution >= 4 is 35.0 Å². The average molecular weight is 466 g/mol. The maximum absolute atomic E-state index is 12.9. The molecule has 0 bridgehead atoms. The molecule has 10 heteroatoms. The minimum Gasteiger partial charge on any atom is -0.444 e. The fourth-order valence-electron chi connectivity index (χ4n) is 4.41. The van der Waals surface area contributed by atoms with Gasteiger partial charge in [-0.25, -0.2) is 4.79 Å². The van der Waals surface area contributed by atoms with Crippen molar-refractivity contribution in [1.82, 2.24) is 9.80 Å². The van der Waals surface area contributed by atoms with Crippen molar-refractivity contribution in [2.45, 2.75) is 55.0 Å². The Balaban J connectivity index is 1.53. The maximum atomic E-state index is 12.9. The van der Waals surface area contributed by atoms with Gasteiger partial charge in [-0.2, -0.15) is 13.2 Å². The summed E-state index contributed by atoms with van der Waals surface area (Å²) in [7, 11) is 0. The fraction of sp³-hybridized carbons (Fsp3) is 0.650. The Labute approximate surface area is 183 Å². The van der Waals surface area contributed by atoms with E-state index in [1.54, 1.807) is 4.90 Å². The third-order valence-electron chi connectivity index (χ3n) is 5.79. The highest BCUT2D eigenvalue weighted by molar-refractivity contribution is 6.52. The lowest BCUT2D eigenvalue weighted by atomic mass is 10.1. The number of benzene rings is 1. The van der Waals surface area contributed by atoms with Gasteiger partial charge in [-0.05, 0) is 45.0 Å². The Morgan fingerprint density at radius 2 is 1.70 bits per heavy atom. The molecule has 3 fully saturated rings. The van der Waals surface area contributed by atoms with Crippen LogP contribution in [0.3, 0.4) is 0 Å². The number of hydrogen-bond donors (Lipinski definition) is 0. The number of hydrogen-bond acceptors (Lipinski definition) is 4. The van der Waals surface area contributed by atoms with E-state index in [0.717, 1.165) is 12.1 Å². The van der Waals surface area contributed by atoms with Crippen LogP contribution in [0.25, 0.3) is 0 Å². The lowest BCUT2D eigenvalue weighted by Crippen LogP contribution is -2.63. The normalized spacial score (nSPS) is 28.6. The average Bonchev–Trinajstić information content (AvgIpc) is 3.21. The van der Waals surface area contributed by atoms with E-state index in [1.165, 1.54) is 12.1 Å². The number of rotatable bonds is 1. The van der Waals surface area contributed by atoms with Gasteiger partial charge in [-0.15, -0.1) is 0 Å². The van der Waals surface area contributed by atoms with Crippen molar-refractivity contribution in [1.29, 1.82) is 0 Å². The topological polar surface area (TPSA) is 36.0 Å². The van der Waals surface area contributed by atoms with E-state index in [-0.39, 0.29) is 24.2 Å². The Morgan fingerprint density at radius 3 is 2.27 bits per heavy atom. The van der Waals surface area contributed by atoms with Crippen molar-refractivity contribution in [2.75, 3.05) is 31.1 Å². The van der Waals surface area contributed by atoms with Crippen LogP contribution in [0.2, 0.25) is 0 Å². The van der Waals surface area contributed by atoms with Crippen LogP contribution in [0.15, 0.2) is 24.3 Å². The molecule has 1 aromatic rings. The molecule has 2 saturated heterocycles. The number of amides is 1. The standard InChI is InChI=1S/C20H24Cl2F3N3O2/c1-18(2,3)30-17(29)26-8-9-27-14(10-26)11-28(16-15(27)19(16,21)22)13-6-4-12(5-7-13)20(23,24)25/h4-7,14-16H,8-11H2,1-3H3. The van der Waals surface area contributed by atoms with Gasteiger partial charge in [0.15, 0.2) is 4.33 Å². The van der Waals surface area contributed by atoms with Crippen LogP contribution in [0.4, 0.5) is 23.7 Å². The van der Waals surface area contributed by atoms with E-state index in [0.29, 0.717) is 31.9 Å². The number of fused-ring (bicyclic) bond motifs is 3. The molecule has 5 nitrogen and oxygen atoms in total. The summed E-state index contributed by atoms with van der Waals surface area (Å²) in [5, 5.41) is 0. The van der Waals surface area contributed by atoms with Crippen molar-refractivity contribution in [2.24, 2.45) is 0 Å². The van der Waals surface area contributed by atoms with Gasteiger partial charge in [0.1, 0.15) is 5.60 Å². The highest BCUT2D eigenvalue weighted by atomic mass is 35.5. The largest absolute Gasteiger partial charge is 0.444 e. The second-order valence-corrected chi connectivity index (χ2v) is 10.5. The number of carbonyl (C=O) groups is 1. The number of ether oxygens (including phenoxy) is 1. The number of halogens is 5. The molecule has 0 aromatic heterocycles. The molecule has 0 N–H and O–H groups in total. The van der Waals surface area contributed by atoms with E-state index in [2.05, 4.69) is 4.90 Å².